The highest BCUT2D eigenvalue weighted by Gasteiger charge is 2.26. The molecule has 5 heteroatoms. The third-order valence-corrected chi connectivity index (χ3v) is 5.07. The van der Waals surface area contributed by atoms with Gasteiger partial charge in [-0.1, -0.05) is 36.4 Å². The molecule has 0 fully saturated rings. The van der Waals surface area contributed by atoms with Gasteiger partial charge in [0.1, 0.15) is 11.4 Å². The molecule has 2 N–H and O–H groups in total. The number of hydrogen-bond donors (Lipinski definition) is 2. The Hall–Kier alpha value is -2.37. The molecule has 4 nitrogen and oxygen atoms in total. The molecular formula is C19H19NO3S. The van der Waals surface area contributed by atoms with E-state index in [0.29, 0.717) is 5.75 Å². The maximum atomic E-state index is 11.9. The number of rotatable bonds is 6. The average Bonchev–Trinajstić information content (AvgIpc) is 3.04. The van der Waals surface area contributed by atoms with E-state index in [4.69, 9.17) is 4.74 Å². The van der Waals surface area contributed by atoms with E-state index in [1.54, 1.807) is 19.1 Å². The van der Waals surface area contributed by atoms with Crippen molar-refractivity contribution in [2.75, 3.05) is 13.2 Å². The van der Waals surface area contributed by atoms with Crippen molar-refractivity contribution in [1.82, 2.24) is 5.32 Å². The first-order valence-corrected chi connectivity index (χ1v) is 8.52. The van der Waals surface area contributed by atoms with E-state index >= 15 is 0 Å². The molecule has 2 aromatic carbocycles. The van der Waals surface area contributed by atoms with Crippen LogP contribution in [-0.2, 0) is 10.4 Å². The smallest absolute Gasteiger partial charge is 0.258 e. The average molecular weight is 341 g/mol. The van der Waals surface area contributed by atoms with Crippen LogP contribution in [0.15, 0.2) is 60.7 Å². The first kappa shape index (κ1) is 16.5. The Labute approximate surface area is 144 Å². The zero-order valence-electron chi connectivity index (χ0n) is 13.4. The van der Waals surface area contributed by atoms with Crippen LogP contribution in [0.2, 0.25) is 0 Å². The minimum atomic E-state index is -1.12. The monoisotopic (exact) mass is 341 g/mol. The summed E-state index contributed by atoms with van der Waals surface area (Å²) in [6.45, 7) is 1.76. The van der Waals surface area contributed by atoms with E-state index in [-0.39, 0.29) is 19.1 Å². The molecule has 1 unspecified atom stereocenters. The van der Waals surface area contributed by atoms with E-state index < -0.39 is 5.60 Å². The number of hydrogen-bond acceptors (Lipinski definition) is 4. The molecule has 0 saturated carbocycles. The summed E-state index contributed by atoms with van der Waals surface area (Å²) in [5, 5.41) is 14.5. The Morgan fingerprint density at radius 1 is 1.17 bits per heavy atom. The number of carbonyl (C=O) groups is 1. The minimum Gasteiger partial charge on any atom is -0.484 e. The van der Waals surface area contributed by atoms with E-state index in [1.807, 2.05) is 48.5 Å². The summed E-state index contributed by atoms with van der Waals surface area (Å²) in [7, 11) is 0. The topological polar surface area (TPSA) is 58.6 Å². The molecule has 24 heavy (non-hydrogen) atoms. The van der Waals surface area contributed by atoms with Crippen molar-refractivity contribution in [2.45, 2.75) is 12.5 Å². The molecule has 0 aliphatic carbocycles. The van der Waals surface area contributed by atoms with Crippen LogP contribution < -0.4 is 10.1 Å². The SMILES string of the molecule is CC(O)(CNC(=O)COc1ccccc1)c1cc2ccccc2s1. The number of benzene rings is 2. The summed E-state index contributed by atoms with van der Waals surface area (Å²) >= 11 is 1.53. The van der Waals surface area contributed by atoms with Gasteiger partial charge in [0.25, 0.3) is 5.91 Å². The van der Waals surface area contributed by atoms with Gasteiger partial charge in [-0.05, 0) is 36.6 Å². The molecule has 0 aliphatic rings. The van der Waals surface area contributed by atoms with Gasteiger partial charge in [0.15, 0.2) is 6.61 Å². The fourth-order valence-electron chi connectivity index (χ4n) is 2.32. The Morgan fingerprint density at radius 2 is 1.88 bits per heavy atom. The second-order valence-corrected chi connectivity index (χ2v) is 6.88. The highest BCUT2D eigenvalue weighted by Crippen LogP contribution is 2.32. The number of amides is 1. The molecular weight excluding hydrogens is 322 g/mol. The van der Waals surface area contributed by atoms with Crippen LogP contribution in [-0.4, -0.2) is 24.2 Å². The second kappa shape index (κ2) is 7.03. The van der Waals surface area contributed by atoms with Gasteiger partial charge in [-0.2, -0.15) is 0 Å². The lowest BCUT2D eigenvalue weighted by Crippen LogP contribution is -2.40. The summed E-state index contributed by atoms with van der Waals surface area (Å²) in [5.41, 5.74) is -1.12. The summed E-state index contributed by atoms with van der Waals surface area (Å²) in [6, 6.07) is 19.1. The van der Waals surface area contributed by atoms with Gasteiger partial charge in [-0.15, -0.1) is 11.3 Å². The van der Waals surface area contributed by atoms with Crippen LogP contribution in [0.5, 0.6) is 5.75 Å². The molecule has 3 rings (SSSR count). The van der Waals surface area contributed by atoms with E-state index in [1.165, 1.54) is 11.3 Å². The maximum absolute atomic E-state index is 11.9. The number of fused-ring (bicyclic) bond motifs is 1. The van der Waals surface area contributed by atoms with Crippen LogP contribution in [0.25, 0.3) is 10.1 Å². The van der Waals surface area contributed by atoms with Crippen molar-refractivity contribution in [2.24, 2.45) is 0 Å². The molecule has 124 valence electrons. The van der Waals surface area contributed by atoms with Crippen molar-refractivity contribution >= 4 is 27.3 Å². The standard InChI is InChI=1S/C19H19NO3S/c1-19(22,17-11-14-7-5-6-10-16(14)24-17)13-20-18(21)12-23-15-8-3-2-4-9-15/h2-11,22H,12-13H2,1H3,(H,20,21). The Balaban J connectivity index is 1.57. The number of thiophene rings is 1. The first-order chi connectivity index (χ1) is 11.5. The highest BCUT2D eigenvalue weighted by atomic mass is 32.1. The van der Waals surface area contributed by atoms with Gasteiger partial charge in [-0.3, -0.25) is 4.79 Å². The molecule has 0 spiro atoms. The second-order valence-electron chi connectivity index (χ2n) is 5.80. The summed E-state index contributed by atoms with van der Waals surface area (Å²) in [6.07, 6.45) is 0. The summed E-state index contributed by atoms with van der Waals surface area (Å²) < 4.78 is 6.51. The van der Waals surface area contributed by atoms with Crippen molar-refractivity contribution in [3.05, 3.63) is 65.5 Å². The third kappa shape index (κ3) is 3.93. The molecule has 0 bridgehead atoms. The van der Waals surface area contributed by atoms with E-state index in [0.717, 1.165) is 15.0 Å². The largest absolute Gasteiger partial charge is 0.484 e. The zero-order valence-corrected chi connectivity index (χ0v) is 14.2. The lowest BCUT2D eigenvalue weighted by molar-refractivity contribution is -0.124. The zero-order chi connectivity index (χ0) is 17.0. The van der Waals surface area contributed by atoms with Crippen molar-refractivity contribution in [1.29, 1.82) is 0 Å². The number of carbonyl (C=O) groups excluding carboxylic acids is 1. The maximum Gasteiger partial charge on any atom is 0.258 e. The molecule has 1 atom stereocenters. The minimum absolute atomic E-state index is 0.0769. The van der Waals surface area contributed by atoms with Crippen LogP contribution >= 0.6 is 11.3 Å². The van der Waals surface area contributed by atoms with Gasteiger partial charge in [-0.25, -0.2) is 0 Å². The lowest BCUT2D eigenvalue weighted by atomic mass is 10.0. The lowest BCUT2D eigenvalue weighted by Gasteiger charge is -2.22. The van der Waals surface area contributed by atoms with E-state index in [2.05, 4.69) is 5.32 Å². The molecule has 0 aliphatic heterocycles. The van der Waals surface area contributed by atoms with Crippen LogP contribution in [0.1, 0.15) is 11.8 Å². The highest BCUT2D eigenvalue weighted by molar-refractivity contribution is 7.19. The molecule has 1 amide bonds. The molecule has 1 heterocycles. The van der Waals surface area contributed by atoms with Crippen LogP contribution in [0.4, 0.5) is 0 Å². The fourth-order valence-corrected chi connectivity index (χ4v) is 3.43. The fraction of sp³-hybridized carbons (Fsp3) is 0.211. The molecule has 0 saturated heterocycles. The first-order valence-electron chi connectivity index (χ1n) is 7.70. The quantitative estimate of drug-likeness (QED) is 0.723. The van der Waals surface area contributed by atoms with Gasteiger partial charge in [0.05, 0.1) is 6.54 Å². The van der Waals surface area contributed by atoms with Crippen molar-refractivity contribution < 1.29 is 14.6 Å². The molecule has 0 radical (unpaired) electrons. The van der Waals surface area contributed by atoms with Crippen molar-refractivity contribution in [3.63, 3.8) is 0 Å². The number of aliphatic hydroxyl groups is 1. The third-order valence-electron chi connectivity index (χ3n) is 3.70. The molecule has 1 aromatic heterocycles. The van der Waals surface area contributed by atoms with Crippen LogP contribution in [0.3, 0.4) is 0 Å². The summed E-state index contributed by atoms with van der Waals surface area (Å²) in [4.78, 5) is 12.7. The number of para-hydroxylation sites is 1. The predicted octanol–water partition coefficient (Wildman–Crippen LogP) is 3.30. The summed E-state index contributed by atoms with van der Waals surface area (Å²) in [5.74, 6) is 0.379. The van der Waals surface area contributed by atoms with Gasteiger partial charge < -0.3 is 15.2 Å². The Morgan fingerprint density at radius 3 is 2.62 bits per heavy atom. The number of nitrogens with one attached hydrogen (secondary N) is 1. The van der Waals surface area contributed by atoms with Gasteiger partial charge in [0, 0.05) is 9.58 Å². The number of ether oxygens (including phenoxy) is 1. The van der Waals surface area contributed by atoms with Gasteiger partial charge >= 0.3 is 0 Å². The van der Waals surface area contributed by atoms with E-state index in [9.17, 15) is 9.90 Å². The Kier molecular flexibility index (Phi) is 4.83. The molecule has 3 aromatic rings. The predicted molar refractivity (Wildman–Crippen MR) is 96.3 cm³/mol. The van der Waals surface area contributed by atoms with Crippen LogP contribution in [0, 0.1) is 0 Å². The van der Waals surface area contributed by atoms with Gasteiger partial charge in [0.2, 0.25) is 0 Å². The Bertz CT molecular complexity index is 794. The van der Waals surface area contributed by atoms with Crippen molar-refractivity contribution in [3.8, 4) is 5.75 Å². The normalized spacial score (nSPS) is 13.4.